The molecule has 0 saturated carbocycles. The van der Waals surface area contributed by atoms with Gasteiger partial charge in [-0.15, -0.1) is 0 Å². The molecule has 0 aromatic carbocycles. The first-order valence-corrected chi connectivity index (χ1v) is 5.96. The van der Waals surface area contributed by atoms with Crippen LogP contribution in [0.3, 0.4) is 0 Å². The lowest BCUT2D eigenvalue weighted by molar-refractivity contribution is -0.167. The Kier molecular flexibility index (Phi) is 9.11. The lowest BCUT2D eigenvalue weighted by Crippen LogP contribution is -2.32. The van der Waals surface area contributed by atoms with Crippen LogP contribution in [0, 0.1) is 0 Å². The lowest BCUT2D eigenvalue weighted by atomic mass is 10.2. The van der Waals surface area contributed by atoms with Crippen molar-refractivity contribution in [3.8, 4) is 0 Å². The average Bonchev–Trinajstić information content (AvgIpc) is 2.28. The third-order valence-electron chi connectivity index (χ3n) is 2.08. The molecule has 0 saturated heterocycles. The molecule has 0 aromatic rings. The summed E-state index contributed by atoms with van der Waals surface area (Å²) in [5.74, 6) is -1.56. The van der Waals surface area contributed by atoms with Crippen LogP contribution in [-0.4, -0.2) is 62.8 Å². The molecule has 112 valence electrons. The largest absolute Gasteiger partial charge is 0.460 e. The Labute approximate surface area is 112 Å². The molecule has 0 heterocycles. The zero-order valence-corrected chi connectivity index (χ0v) is 11.8. The maximum Gasteiger partial charge on any atom is 0.335 e. The van der Waals surface area contributed by atoms with E-state index in [1.165, 1.54) is 14.2 Å². The van der Waals surface area contributed by atoms with Crippen LogP contribution in [0.5, 0.6) is 0 Å². The Balaban J connectivity index is 4.03. The van der Waals surface area contributed by atoms with Gasteiger partial charge < -0.3 is 24.1 Å². The van der Waals surface area contributed by atoms with Gasteiger partial charge in [-0.2, -0.15) is 0 Å². The van der Waals surface area contributed by atoms with Crippen molar-refractivity contribution < 1.29 is 33.6 Å². The predicted molar refractivity (Wildman–Crippen MR) is 65.5 cm³/mol. The number of aliphatic hydroxyl groups excluding tert-OH is 1. The van der Waals surface area contributed by atoms with Crippen LogP contribution in [0.25, 0.3) is 0 Å². The summed E-state index contributed by atoms with van der Waals surface area (Å²) < 4.78 is 19.3. The van der Waals surface area contributed by atoms with Gasteiger partial charge in [0.2, 0.25) is 0 Å². The van der Waals surface area contributed by atoms with E-state index in [0.717, 1.165) is 0 Å². The highest BCUT2D eigenvalue weighted by Gasteiger charge is 2.24. The summed E-state index contributed by atoms with van der Waals surface area (Å²) in [5, 5.41) is 9.50. The Morgan fingerprint density at radius 2 is 1.47 bits per heavy atom. The molecule has 0 radical (unpaired) electrons. The molecule has 0 rings (SSSR count). The Bertz CT molecular complexity index is 279. The number of hydrogen-bond donors (Lipinski definition) is 1. The second-order valence-electron chi connectivity index (χ2n) is 4.18. The van der Waals surface area contributed by atoms with Crippen molar-refractivity contribution in [1.29, 1.82) is 0 Å². The summed E-state index contributed by atoms with van der Waals surface area (Å²) in [7, 11) is 2.95. The second-order valence-corrected chi connectivity index (χ2v) is 4.18. The monoisotopic (exact) mass is 278 g/mol. The van der Waals surface area contributed by atoms with Gasteiger partial charge in [-0.3, -0.25) is 4.79 Å². The van der Waals surface area contributed by atoms with E-state index < -0.39 is 36.7 Å². The molecule has 0 aliphatic carbocycles. The van der Waals surface area contributed by atoms with Crippen molar-refractivity contribution in [2.75, 3.05) is 27.4 Å². The Morgan fingerprint density at radius 1 is 1.00 bits per heavy atom. The number of hydrogen-bond acceptors (Lipinski definition) is 7. The standard InChI is InChI=1S/C12H22O7/c1-8(6-16-3)18-11(14)5-10(13)12(15)19-9(2)7-17-4/h8-10,13H,5-7H2,1-4H3. The molecule has 0 amide bonds. The molecule has 19 heavy (non-hydrogen) atoms. The molecule has 0 spiro atoms. The van der Waals surface area contributed by atoms with Crippen molar-refractivity contribution in [3.05, 3.63) is 0 Å². The van der Waals surface area contributed by atoms with Gasteiger partial charge in [0.05, 0.1) is 19.6 Å². The summed E-state index contributed by atoms with van der Waals surface area (Å²) in [5.41, 5.74) is 0. The number of methoxy groups -OCH3 is 2. The van der Waals surface area contributed by atoms with E-state index in [9.17, 15) is 14.7 Å². The fourth-order valence-electron chi connectivity index (χ4n) is 1.33. The van der Waals surface area contributed by atoms with E-state index >= 15 is 0 Å². The van der Waals surface area contributed by atoms with Gasteiger partial charge in [-0.25, -0.2) is 4.79 Å². The van der Waals surface area contributed by atoms with Gasteiger partial charge in [0.15, 0.2) is 6.10 Å². The van der Waals surface area contributed by atoms with E-state index in [4.69, 9.17) is 18.9 Å². The molecule has 7 nitrogen and oxygen atoms in total. The molecule has 1 N–H and O–H groups in total. The fraction of sp³-hybridized carbons (Fsp3) is 0.833. The molecule has 0 bridgehead atoms. The minimum atomic E-state index is -1.54. The van der Waals surface area contributed by atoms with Gasteiger partial charge in [0, 0.05) is 14.2 Å². The van der Waals surface area contributed by atoms with Crippen molar-refractivity contribution in [2.24, 2.45) is 0 Å². The highest BCUT2D eigenvalue weighted by molar-refractivity contribution is 5.81. The number of carbonyl (C=O) groups excluding carboxylic acids is 2. The number of esters is 2. The van der Waals surface area contributed by atoms with Crippen LogP contribution in [0.4, 0.5) is 0 Å². The summed E-state index contributed by atoms with van der Waals surface area (Å²) in [6.45, 7) is 3.73. The number of rotatable bonds is 9. The van der Waals surface area contributed by atoms with Crippen LogP contribution in [0.1, 0.15) is 20.3 Å². The van der Waals surface area contributed by atoms with E-state index in [1.54, 1.807) is 13.8 Å². The molecule has 0 aliphatic rings. The zero-order valence-electron chi connectivity index (χ0n) is 11.8. The number of ether oxygens (including phenoxy) is 4. The SMILES string of the molecule is COCC(C)OC(=O)CC(O)C(=O)OC(C)COC. The van der Waals surface area contributed by atoms with Gasteiger partial charge >= 0.3 is 11.9 Å². The second kappa shape index (κ2) is 9.71. The molecule has 0 aliphatic heterocycles. The van der Waals surface area contributed by atoms with Crippen LogP contribution in [0.2, 0.25) is 0 Å². The minimum Gasteiger partial charge on any atom is -0.460 e. The first-order chi connectivity index (χ1) is 8.90. The minimum absolute atomic E-state index is 0.216. The first-order valence-electron chi connectivity index (χ1n) is 5.96. The van der Waals surface area contributed by atoms with E-state index in [0.29, 0.717) is 0 Å². The highest BCUT2D eigenvalue weighted by Crippen LogP contribution is 2.03. The highest BCUT2D eigenvalue weighted by atomic mass is 16.6. The Hall–Kier alpha value is -1.18. The van der Waals surface area contributed by atoms with Gasteiger partial charge in [0.25, 0.3) is 0 Å². The maximum atomic E-state index is 11.4. The molecule has 0 aromatic heterocycles. The molecular formula is C12H22O7. The van der Waals surface area contributed by atoms with Crippen molar-refractivity contribution >= 4 is 11.9 Å². The number of carbonyl (C=O) groups is 2. The maximum absolute atomic E-state index is 11.4. The predicted octanol–water partition coefficient (Wildman–Crippen LogP) is -0.106. The molecule has 7 heteroatoms. The smallest absolute Gasteiger partial charge is 0.335 e. The van der Waals surface area contributed by atoms with Crippen molar-refractivity contribution in [1.82, 2.24) is 0 Å². The molecule has 3 unspecified atom stereocenters. The van der Waals surface area contributed by atoms with Gasteiger partial charge in [-0.1, -0.05) is 0 Å². The summed E-state index contributed by atoms with van der Waals surface area (Å²) in [6, 6.07) is 0. The zero-order chi connectivity index (χ0) is 14.8. The third-order valence-corrected chi connectivity index (χ3v) is 2.08. The van der Waals surface area contributed by atoms with Crippen molar-refractivity contribution in [3.63, 3.8) is 0 Å². The van der Waals surface area contributed by atoms with Crippen LogP contribution >= 0.6 is 0 Å². The lowest BCUT2D eigenvalue weighted by Gasteiger charge is -2.16. The van der Waals surface area contributed by atoms with E-state index in [1.807, 2.05) is 0 Å². The van der Waals surface area contributed by atoms with Crippen LogP contribution < -0.4 is 0 Å². The van der Waals surface area contributed by atoms with Gasteiger partial charge in [-0.05, 0) is 13.8 Å². The van der Waals surface area contributed by atoms with Crippen molar-refractivity contribution in [2.45, 2.75) is 38.6 Å². The van der Waals surface area contributed by atoms with Crippen LogP contribution in [-0.2, 0) is 28.5 Å². The van der Waals surface area contributed by atoms with Gasteiger partial charge in [0.1, 0.15) is 12.2 Å². The summed E-state index contributed by atoms with van der Waals surface area (Å²) in [4.78, 5) is 22.8. The normalized spacial score (nSPS) is 15.4. The quantitative estimate of drug-likeness (QED) is 0.588. The topological polar surface area (TPSA) is 91.3 Å². The van der Waals surface area contributed by atoms with E-state index in [-0.39, 0.29) is 13.2 Å². The number of aliphatic hydroxyl groups is 1. The third kappa shape index (κ3) is 8.52. The van der Waals surface area contributed by atoms with E-state index in [2.05, 4.69) is 0 Å². The molecule has 3 atom stereocenters. The molecular weight excluding hydrogens is 256 g/mol. The average molecular weight is 278 g/mol. The summed E-state index contributed by atoms with van der Waals surface area (Å²) in [6.07, 6.45) is -2.92. The molecule has 0 fully saturated rings. The van der Waals surface area contributed by atoms with Crippen LogP contribution in [0.15, 0.2) is 0 Å². The Morgan fingerprint density at radius 3 is 1.95 bits per heavy atom. The fourth-order valence-corrected chi connectivity index (χ4v) is 1.33. The first kappa shape index (κ1) is 17.8. The summed E-state index contributed by atoms with van der Waals surface area (Å²) >= 11 is 0.